The zero-order chi connectivity index (χ0) is 23.9. The minimum absolute atomic E-state index is 0.121. The Labute approximate surface area is 203 Å². The maximum atomic E-state index is 12.8. The number of hydrogen-bond donors (Lipinski definition) is 1. The molecule has 0 saturated carbocycles. The lowest BCUT2D eigenvalue weighted by Gasteiger charge is -2.13. The first-order valence-electron chi connectivity index (χ1n) is 10.8. The summed E-state index contributed by atoms with van der Waals surface area (Å²) >= 11 is 1.35. The largest absolute Gasteiger partial charge is 0.496 e. The van der Waals surface area contributed by atoms with Crippen molar-refractivity contribution in [1.29, 1.82) is 0 Å². The Morgan fingerprint density at radius 1 is 1.00 bits per heavy atom. The number of aromatic nitrogens is 3. The number of carbonyl (C=O) groups is 1. The second-order valence-electron chi connectivity index (χ2n) is 7.61. The third-order valence-corrected chi connectivity index (χ3v) is 6.34. The molecule has 3 aromatic carbocycles. The van der Waals surface area contributed by atoms with Crippen molar-refractivity contribution in [3.05, 3.63) is 84.4 Å². The molecule has 0 bridgehead atoms. The average Bonchev–Trinajstić information content (AvgIpc) is 3.23. The Hall–Kier alpha value is -3.78. The van der Waals surface area contributed by atoms with Crippen molar-refractivity contribution in [2.24, 2.45) is 7.05 Å². The van der Waals surface area contributed by atoms with Gasteiger partial charge in [-0.2, -0.15) is 0 Å². The molecule has 0 aliphatic rings. The van der Waals surface area contributed by atoms with Gasteiger partial charge >= 0.3 is 0 Å². The SMILES string of the molecule is COc1ccccc1-c1nnc(SC(C)C(=O)Nc2ccc(OCc3ccccc3)cc2)n1C. The van der Waals surface area contributed by atoms with Crippen LogP contribution in [0.2, 0.25) is 0 Å². The molecule has 0 spiro atoms. The minimum Gasteiger partial charge on any atom is -0.496 e. The lowest BCUT2D eigenvalue weighted by atomic mass is 10.2. The minimum atomic E-state index is -0.373. The van der Waals surface area contributed by atoms with Crippen molar-refractivity contribution < 1.29 is 14.3 Å². The molecule has 0 saturated heterocycles. The third-order valence-electron chi connectivity index (χ3n) is 5.20. The summed E-state index contributed by atoms with van der Waals surface area (Å²) in [5.74, 6) is 2.02. The van der Waals surface area contributed by atoms with E-state index in [1.807, 2.05) is 97.4 Å². The van der Waals surface area contributed by atoms with Gasteiger partial charge in [-0.15, -0.1) is 10.2 Å². The molecule has 0 aliphatic heterocycles. The van der Waals surface area contributed by atoms with Crippen molar-refractivity contribution in [2.75, 3.05) is 12.4 Å². The van der Waals surface area contributed by atoms with Crippen molar-refractivity contribution in [2.45, 2.75) is 23.9 Å². The maximum Gasteiger partial charge on any atom is 0.237 e. The molecule has 1 heterocycles. The van der Waals surface area contributed by atoms with Gasteiger partial charge in [-0.3, -0.25) is 4.79 Å². The van der Waals surface area contributed by atoms with Crippen LogP contribution in [0.3, 0.4) is 0 Å². The van der Waals surface area contributed by atoms with Gasteiger partial charge in [0, 0.05) is 12.7 Å². The van der Waals surface area contributed by atoms with Crippen LogP contribution in [0.4, 0.5) is 5.69 Å². The Kier molecular flexibility index (Phi) is 7.49. The van der Waals surface area contributed by atoms with Crippen LogP contribution in [0.5, 0.6) is 11.5 Å². The summed E-state index contributed by atoms with van der Waals surface area (Å²) < 4.78 is 13.1. The maximum absolute atomic E-state index is 12.8. The average molecular weight is 475 g/mol. The Morgan fingerprint density at radius 3 is 2.44 bits per heavy atom. The van der Waals surface area contributed by atoms with E-state index in [0.29, 0.717) is 23.3 Å². The van der Waals surface area contributed by atoms with Gasteiger partial charge in [0.1, 0.15) is 18.1 Å². The summed E-state index contributed by atoms with van der Waals surface area (Å²) in [4.78, 5) is 12.8. The molecular formula is C26H26N4O3S. The molecule has 174 valence electrons. The van der Waals surface area contributed by atoms with Gasteiger partial charge in [0.2, 0.25) is 5.91 Å². The van der Waals surface area contributed by atoms with Crippen LogP contribution in [0.15, 0.2) is 84.0 Å². The second kappa shape index (κ2) is 10.9. The summed E-state index contributed by atoms with van der Waals surface area (Å²) in [6.07, 6.45) is 0. The van der Waals surface area contributed by atoms with Gasteiger partial charge in [0.15, 0.2) is 11.0 Å². The van der Waals surface area contributed by atoms with Crippen LogP contribution in [0, 0.1) is 0 Å². The number of carbonyl (C=O) groups excluding carboxylic acids is 1. The molecule has 4 rings (SSSR count). The van der Waals surface area contributed by atoms with E-state index in [-0.39, 0.29) is 11.2 Å². The fourth-order valence-electron chi connectivity index (χ4n) is 3.31. The number of hydrogen-bond acceptors (Lipinski definition) is 6. The standard InChI is InChI=1S/C26H26N4O3S/c1-18(34-26-29-28-24(30(26)2)22-11-7-8-12-23(22)32-3)25(31)27-20-13-15-21(16-14-20)33-17-19-9-5-4-6-10-19/h4-16,18H,17H2,1-3H3,(H,27,31). The van der Waals surface area contributed by atoms with Crippen LogP contribution in [-0.2, 0) is 18.4 Å². The van der Waals surface area contributed by atoms with Crippen LogP contribution in [0.25, 0.3) is 11.4 Å². The van der Waals surface area contributed by atoms with Crippen LogP contribution in [0.1, 0.15) is 12.5 Å². The fourth-order valence-corrected chi connectivity index (χ4v) is 4.13. The van der Waals surface area contributed by atoms with E-state index in [9.17, 15) is 4.79 Å². The first-order chi connectivity index (χ1) is 16.5. The number of nitrogens with zero attached hydrogens (tertiary/aromatic N) is 3. The Balaban J connectivity index is 1.35. The number of benzene rings is 3. The van der Waals surface area contributed by atoms with Crippen LogP contribution >= 0.6 is 11.8 Å². The molecule has 0 aliphatic carbocycles. The summed E-state index contributed by atoms with van der Waals surface area (Å²) in [6, 6.07) is 25.0. The molecule has 1 atom stereocenters. The molecule has 8 heteroatoms. The predicted octanol–water partition coefficient (Wildman–Crippen LogP) is 5.19. The van der Waals surface area contributed by atoms with Crippen molar-refractivity contribution >= 4 is 23.4 Å². The number of amides is 1. The number of ether oxygens (including phenoxy) is 2. The zero-order valence-corrected chi connectivity index (χ0v) is 20.1. The second-order valence-corrected chi connectivity index (χ2v) is 8.92. The van der Waals surface area contributed by atoms with E-state index in [2.05, 4.69) is 15.5 Å². The van der Waals surface area contributed by atoms with Gasteiger partial charge < -0.3 is 19.4 Å². The molecule has 4 aromatic rings. The van der Waals surface area contributed by atoms with Crippen LogP contribution in [-0.4, -0.2) is 33.0 Å². The van der Waals surface area contributed by atoms with Gasteiger partial charge in [-0.1, -0.05) is 54.2 Å². The molecule has 1 N–H and O–H groups in total. The molecule has 1 amide bonds. The van der Waals surface area contributed by atoms with Gasteiger partial charge in [-0.25, -0.2) is 0 Å². The third kappa shape index (κ3) is 5.58. The highest BCUT2D eigenvalue weighted by atomic mass is 32.2. The van der Waals surface area contributed by atoms with Crippen molar-refractivity contribution in [1.82, 2.24) is 14.8 Å². The van der Waals surface area contributed by atoms with E-state index in [1.165, 1.54) is 11.8 Å². The highest BCUT2D eigenvalue weighted by molar-refractivity contribution is 8.00. The lowest BCUT2D eigenvalue weighted by molar-refractivity contribution is -0.115. The molecule has 1 unspecified atom stereocenters. The van der Waals surface area contributed by atoms with E-state index in [0.717, 1.165) is 22.6 Å². The van der Waals surface area contributed by atoms with Crippen LogP contribution < -0.4 is 14.8 Å². The number of para-hydroxylation sites is 1. The smallest absolute Gasteiger partial charge is 0.237 e. The van der Waals surface area contributed by atoms with Gasteiger partial charge in [-0.05, 0) is 48.9 Å². The Bertz CT molecular complexity index is 1240. The topological polar surface area (TPSA) is 78.3 Å². The number of rotatable bonds is 9. The van der Waals surface area contributed by atoms with Gasteiger partial charge in [0.25, 0.3) is 0 Å². The quantitative estimate of drug-likeness (QED) is 0.337. The summed E-state index contributed by atoms with van der Waals surface area (Å²) in [6.45, 7) is 2.34. The molecule has 0 fully saturated rings. The number of methoxy groups -OCH3 is 1. The van der Waals surface area contributed by atoms with E-state index in [4.69, 9.17) is 9.47 Å². The summed E-state index contributed by atoms with van der Waals surface area (Å²) in [7, 11) is 3.50. The summed E-state index contributed by atoms with van der Waals surface area (Å²) in [5.41, 5.74) is 2.65. The molecule has 7 nitrogen and oxygen atoms in total. The molecular weight excluding hydrogens is 448 g/mol. The Morgan fingerprint density at radius 2 is 1.71 bits per heavy atom. The van der Waals surface area contributed by atoms with E-state index in [1.54, 1.807) is 7.11 Å². The molecule has 34 heavy (non-hydrogen) atoms. The zero-order valence-electron chi connectivity index (χ0n) is 19.3. The first kappa shape index (κ1) is 23.4. The van der Waals surface area contributed by atoms with Crippen molar-refractivity contribution in [3.8, 4) is 22.9 Å². The number of anilines is 1. The monoisotopic (exact) mass is 474 g/mol. The first-order valence-corrected chi connectivity index (χ1v) is 11.7. The van der Waals surface area contributed by atoms with E-state index < -0.39 is 0 Å². The van der Waals surface area contributed by atoms with Crippen molar-refractivity contribution in [3.63, 3.8) is 0 Å². The molecule has 1 aromatic heterocycles. The number of thioether (sulfide) groups is 1. The lowest BCUT2D eigenvalue weighted by Crippen LogP contribution is -2.22. The predicted molar refractivity (Wildman–Crippen MR) is 134 cm³/mol. The number of nitrogens with one attached hydrogen (secondary N) is 1. The summed E-state index contributed by atoms with van der Waals surface area (Å²) in [5, 5.41) is 11.8. The highest BCUT2D eigenvalue weighted by Crippen LogP contribution is 2.31. The highest BCUT2D eigenvalue weighted by Gasteiger charge is 2.20. The normalized spacial score (nSPS) is 11.6. The fraction of sp³-hybridized carbons (Fsp3) is 0.192. The van der Waals surface area contributed by atoms with Gasteiger partial charge in [0.05, 0.1) is 17.9 Å². The molecule has 0 radical (unpaired) electrons. The van der Waals surface area contributed by atoms with E-state index >= 15 is 0 Å².